The van der Waals surface area contributed by atoms with Gasteiger partial charge >= 0.3 is 0 Å². The molecule has 0 radical (unpaired) electrons. The van der Waals surface area contributed by atoms with E-state index in [2.05, 4.69) is 5.32 Å². The average molecular weight is 416 g/mol. The highest BCUT2D eigenvalue weighted by Gasteiger charge is 2.43. The maximum Gasteiger partial charge on any atom is 0.243 e. The van der Waals surface area contributed by atoms with Gasteiger partial charge in [0.05, 0.1) is 10.4 Å². The van der Waals surface area contributed by atoms with Gasteiger partial charge in [-0.2, -0.15) is 4.31 Å². The molecule has 152 valence electrons. The molecule has 0 spiro atoms. The Labute approximate surface area is 168 Å². The quantitative estimate of drug-likeness (QED) is 0.743. The monoisotopic (exact) mass is 415 g/mol. The molecular formula is C19H30ClN3O3S. The molecule has 1 aromatic carbocycles. The van der Waals surface area contributed by atoms with Crippen molar-refractivity contribution in [1.29, 1.82) is 0 Å². The first kappa shape index (κ1) is 22.1. The Morgan fingerprint density at radius 2 is 1.74 bits per heavy atom. The smallest absolute Gasteiger partial charge is 0.243 e. The molecule has 8 heteroatoms. The third-order valence-corrected chi connectivity index (χ3v) is 7.71. The summed E-state index contributed by atoms with van der Waals surface area (Å²) in [5, 5.41) is 3.13. The summed E-state index contributed by atoms with van der Waals surface area (Å²) >= 11 is 0. The second-order valence-corrected chi connectivity index (χ2v) is 9.81. The molecule has 3 rings (SSSR count). The molecule has 2 aliphatic rings. The maximum atomic E-state index is 12.8. The molecule has 27 heavy (non-hydrogen) atoms. The van der Waals surface area contributed by atoms with E-state index in [1.807, 2.05) is 13.8 Å². The van der Waals surface area contributed by atoms with E-state index in [1.165, 1.54) is 4.31 Å². The zero-order valence-electron chi connectivity index (χ0n) is 16.0. The Morgan fingerprint density at radius 1 is 1.19 bits per heavy atom. The van der Waals surface area contributed by atoms with Crippen LogP contribution in [0.3, 0.4) is 0 Å². The van der Waals surface area contributed by atoms with E-state index in [1.54, 1.807) is 24.3 Å². The molecule has 3 N–H and O–H groups in total. The predicted molar refractivity (Wildman–Crippen MR) is 108 cm³/mol. The summed E-state index contributed by atoms with van der Waals surface area (Å²) in [5.74, 6) is 0.333. The number of nitrogens with one attached hydrogen (secondary N) is 1. The fourth-order valence-corrected chi connectivity index (χ4v) is 5.11. The lowest BCUT2D eigenvalue weighted by molar-refractivity contribution is -0.128. The van der Waals surface area contributed by atoms with Crippen molar-refractivity contribution in [2.45, 2.75) is 50.0 Å². The normalized spacial score (nSPS) is 21.1. The number of sulfonamides is 1. The number of piperidine rings is 1. The fourth-order valence-electron chi connectivity index (χ4n) is 3.64. The van der Waals surface area contributed by atoms with Gasteiger partial charge in [0.15, 0.2) is 0 Å². The predicted octanol–water partition coefficient (Wildman–Crippen LogP) is 2.06. The van der Waals surface area contributed by atoms with Crippen molar-refractivity contribution in [2.24, 2.45) is 17.6 Å². The zero-order chi connectivity index (χ0) is 18.9. The van der Waals surface area contributed by atoms with Gasteiger partial charge in [-0.1, -0.05) is 17.7 Å². The molecule has 1 aliphatic carbocycles. The summed E-state index contributed by atoms with van der Waals surface area (Å²) in [6.07, 6.45) is 3.31. The van der Waals surface area contributed by atoms with Crippen LogP contribution in [0.2, 0.25) is 0 Å². The molecule has 1 saturated heterocycles. The van der Waals surface area contributed by atoms with Crippen LogP contribution in [0, 0.1) is 18.8 Å². The SMILES string of the molecule is Cc1ccc(S(=O)(=O)N2CCC(C(=O)NC(C)(CN)C3CC3)CC2)cc1.Cl. The molecule has 1 aliphatic heterocycles. The Bertz CT molecular complexity index is 757. The number of nitrogens with two attached hydrogens (primary N) is 1. The summed E-state index contributed by atoms with van der Waals surface area (Å²) in [5.41, 5.74) is 6.57. The van der Waals surface area contributed by atoms with Crippen LogP contribution in [0.4, 0.5) is 0 Å². The lowest BCUT2D eigenvalue weighted by Gasteiger charge is -2.35. The van der Waals surface area contributed by atoms with Crippen molar-refractivity contribution >= 4 is 28.3 Å². The molecule has 1 heterocycles. The lowest BCUT2D eigenvalue weighted by atomic mass is 9.92. The average Bonchev–Trinajstić information content (AvgIpc) is 3.48. The van der Waals surface area contributed by atoms with Crippen LogP contribution in [0.5, 0.6) is 0 Å². The summed E-state index contributed by atoms with van der Waals surface area (Å²) in [7, 11) is -3.49. The van der Waals surface area contributed by atoms with E-state index >= 15 is 0 Å². The van der Waals surface area contributed by atoms with Crippen LogP contribution in [0.1, 0.15) is 38.2 Å². The summed E-state index contributed by atoms with van der Waals surface area (Å²) in [6.45, 7) is 5.12. The maximum absolute atomic E-state index is 12.8. The van der Waals surface area contributed by atoms with Crippen LogP contribution in [-0.4, -0.2) is 43.8 Å². The molecule has 1 aromatic rings. The van der Waals surface area contributed by atoms with E-state index in [4.69, 9.17) is 5.73 Å². The van der Waals surface area contributed by atoms with Crippen LogP contribution >= 0.6 is 12.4 Å². The largest absolute Gasteiger partial charge is 0.349 e. The Morgan fingerprint density at radius 3 is 2.22 bits per heavy atom. The van der Waals surface area contributed by atoms with E-state index in [-0.39, 0.29) is 29.8 Å². The fraction of sp³-hybridized carbons (Fsp3) is 0.632. The molecule has 1 saturated carbocycles. The van der Waals surface area contributed by atoms with Gasteiger partial charge in [-0.3, -0.25) is 4.79 Å². The number of rotatable bonds is 6. The van der Waals surface area contributed by atoms with Gasteiger partial charge in [0, 0.05) is 25.6 Å². The molecular weight excluding hydrogens is 386 g/mol. The van der Waals surface area contributed by atoms with Gasteiger partial charge in [0.1, 0.15) is 0 Å². The first-order valence-electron chi connectivity index (χ1n) is 9.35. The van der Waals surface area contributed by atoms with Crippen molar-refractivity contribution < 1.29 is 13.2 Å². The van der Waals surface area contributed by atoms with Gasteiger partial charge in [0.2, 0.25) is 15.9 Å². The van der Waals surface area contributed by atoms with E-state index in [0.29, 0.717) is 43.3 Å². The molecule has 2 fully saturated rings. The summed E-state index contributed by atoms with van der Waals surface area (Å²) < 4.78 is 27.0. The minimum absolute atomic E-state index is 0. The standard InChI is InChI=1S/C19H29N3O3S.ClH/c1-14-3-7-17(8-4-14)26(24,25)22-11-9-15(10-12-22)18(23)21-19(2,13-20)16-5-6-16;/h3-4,7-8,15-16H,5-6,9-13,20H2,1-2H3,(H,21,23);1H. The van der Waals surface area contributed by atoms with Crippen molar-refractivity contribution in [3.63, 3.8) is 0 Å². The Balaban J connectivity index is 0.00000261. The highest BCUT2D eigenvalue weighted by Crippen LogP contribution is 2.39. The number of amides is 1. The second-order valence-electron chi connectivity index (χ2n) is 7.88. The molecule has 1 atom stereocenters. The third-order valence-electron chi connectivity index (χ3n) is 5.79. The van der Waals surface area contributed by atoms with Gasteiger partial charge in [-0.15, -0.1) is 12.4 Å². The lowest BCUT2D eigenvalue weighted by Crippen LogP contribution is -2.55. The van der Waals surface area contributed by atoms with Gasteiger partial charge in [-0.25, -0.2) is 8.42 Å². The highest BCUT2D eigenvalue weighted by molar-refractivity contribution is 7.89. The van der Waals surface area contributed by atoms with E-state index in [0.717, 1.165) is 18.4 Å². The molecule has 0 bridgehead atoms. The second kappa shape index (κ2) is 8.47. The van der Waals surface area contributed by atoms with E-state index < -0.39 is 10.0 Å². The van der Waals surface area contributed by atoms with Crippen molar-refractivity contribution in [3.8, 4) is 0 Å². The first-order chi connectivity index (χ1) is 12.3. The van der Waals surface area contributed by atoms with Gasteiger partial charge in [0.25, 0.3) is 0 Å². The van der Waals surface area contributed by atoms with Crippen LogP contribution in [0.15, 0.2) is 29.2 Å². The number of halogens is 1. The van der Waals surface area contributed by atoms with Crippen molar-refractivity contribution in [2.75, 3.05) is 19.6 Å². The van der Waals surface area contributed by atoms with Gasteiger partial charge < -0.3 is 11.1 Å². The Kier molecular flexibility index (Phi) is 6.95. The Hall–Kier alpha value is -1.15. The number of carbonyl (C=O) groups is 1. The van der Waals surface area contributed by atoms with Gasteiger partial charge in [-0.05, 0) is 57.6 Å². The summed E-state index contributed by atoms with van der Waals surface area (Å²) in [4.78, 5) is 12.9. The van der Waals surface area contributed by atoms with Crippen LogP contribution in [-0.2, 0) is 14.8 Å². The molecule has 1 unspecified atom stereocenters. The molecule has 1 amide bonds. The minimum Gasteiger partial charge on any atom is -0.349 e. The number of aryl methyl sites for hydroxylation is 1. The van der Waals surface area contributed by atoms with Crippen LogP contribution < -0.4 is 11.1 Å². The number of hydrogen-bond acceptors (Lipinski definition) is 4. The summed E-state index contributed by atoms with van der Waals surface area (Å²) in [6, 6.07) is 6.90. The first-order valence-corrected chi connectivity index (χ1v) is 10.8. The highest BCUT2D eigenvalue weighted by atomic mass is 35.5. The zero-order valence-corrected chi connectivity index (χ0v) is 17.6. The minimum atomic E-state index is -3.49. The number of hydrogen-bond donors (Lipinski definition) is 2. The van der Waals surface area contributed by atoms with Crippen molar-refractivity contribution in [1.82, 2.24) is 9.62 Å². The van der Waals surface area contributed by atoms with Crippen molar-refractivity contribution in [3.05, 3.63) is 29.8 Å². The number of nitrogens with zero attached hydrogens (tertiary/aromatic N) is 1. The number of benzene rings is 1. The number of carbonyl (C=O) groups excluding carboxylic acids is 1. The van der Waals surface area contributed by atoms with Crippen LogP contribution in [0.25, 0.3) is 0 Å². The molecule has 6 nitrogen and oxygen atoms in total. The third kappa shape index (κ3) is 4.83. The molecule has 0 aromatic heterocycles. The topological polar surface area (TPSA) is 92.5 Å². The van der Waals surface area contributed by atoms with E-state index in [9.17, 15) is 13.2 Å².